The van der Waals surface area contributed by atoms with Crippen molar-refractivity contribution in [1.29, 1.82) is 0 Å². The van der Waals surface area contributed by atoms with Crippen molar-refractivity contribution >= 4 is 17.8 Å². The zero-order chi connectivity index (χ0) is 25.7. The van der Waals surface area contributed by atoms with Crippen LogP contribution >= 0.6 is 0 Å². The molecule has 5 N–H and O–H groups in total. The third-order valence-corrected chi connectivity index (χ3v) is 5.38. The summed E-state index contributed by atoms with van der Waals surface area (Å²) in [5.74, 6) is -3.05. The molecule has 1 aromatic heterocycles. The van der Waals surface area contributed by atoms with Gasteiger partial charge in [0.1, 0.15) is 41.7 Å². The Bertz CT molecular complexity index is 1470. The summed E-state index contributed by atoms with van der Waals surface area (Å²) < 4.78 is 11.9. The normalized spacial score (nSPS) is 10.6. The first-order chi connectivity index (χ1) is 17.3. The highest BCUT2D eigenvalue weighted by Crippen LogP contribution is 2.38. The van der Waals surface area contributed by atoms with Crippen molar-refractivity contribution in [2.24, 2.45) is 0 Å². The van der Waals surface area contributed by atoms with Crippen LogP contribution in [0.5, 0.6) is 11.5 Å². The van der Waals surface area contributed by atoms with Gasteiger partial charge < -0.3 is 30.4 Å². The summed E-state index contributed by atoms with van der Waals surface area (Å²) in [5.41, 5.74) is 4.93. The highest BCUT2D eigenvalue weighted by atomic mass is 16.5. The van der Waals surface area contributed by atoms with Crippen LogP contribution in [0.1, 0.15) is 31.8 Å². The van der Waals surface area contributed by atoms with Crippen LogP contribution in [0, 0.1) is 0 Å². The highest BCUT2D eigenvalue weighted by molar-refractivity contribution is 6.08. The molecule has 0 spiro atoms. The van der Waals surface area contributed by atoms with Crippen LogP contribution in [0.15, 0.2) is 83.7 Å². The summed E-state index contributed by atoms with van der Waals surface area (Å²) in [6, 6.07) is 23.2. The van der Waals surface area contributed by atoms with E-state index in [0.29, 0.717) is 5.75 Å². The van der Waals surface area contributed by atoms with E-state index in [4.69, 9.17) is 15.2 Å². The minimum absolute atomic E-state index is 0.0746. The van der Waals surface area contributed by atoms with Crippen molar-refractivity contribution in [3.63, 3.8) is 0 Å². The summed E-state index contributed by atoms with van der Waals surface area (Å²) in [5, 5.41) is 19.6. The maximum absolute atomic E-state index is 12.5. The Morgan fingerprint density at radius 2 is 1.33 bits per heavy atom. The van der Waals surface area contributed by atoms with Gasteiger partial charge in [0.15, 0.2) is 0 Å². The van der Waals surface area contributed by atoms with Gasteiger partial charge in [-0.05, 0) is 23.3 Å². The molecule has 3 aromatic carbocycles. The Labute approximate surface area is 205 Å². The summed E-state index contributed by atoms with van der Waals surface area (Å²) in [6.07, 6.45) is 0. The number of nitrogens with two attached hydrogens (primary N) is 1. The van der Waals surface area contributed by atoms with Gasteiger partial charge in [-0.1, -0.05) is 60.7 Å². The van der Waals surface area contributed by atoms with E-state index < -0.39 is 34.4 Å². The van der Waals surface area contributed by atoms with Gasteiger partial charge >= 0.3 is 11.9 Å². The first kappa shape index (κ1) is 24.1. The van der Waals surface area contributed by atoms with Crippen molar-refractivity contribution in [2.45, 2.75) is 13.2 Å². The van der Waals surface area contributed by atoms with Gasteiger partial charge in [0.25, 0.3) is 5.56 Å². The lowest BCUT2D eigenvalue weighted by atomic mass is 9.94. The van der Waals surface area contributed by atoms with Crippen LogP contribution in [0.25, 0.3) is 11.1 Å². The lowest BCUT2D eigenvalue weighted by molar-refractivity contribution is 0.0695. The molecule has 0 aliphatic rings. The fourth-order valence-electron chi connectivity index (χ4n) is 3.71. The number of hydrogen-bond donors (Lipinski definition) is 4. The second-order valence-corrected chi connectivity index (χ2v) is 7.81. The zero-order valence-corrected chi connectivity index (χ0v) is 18.9. The number of ether oxygens (including phenoxy) is 2. The number of hydrogen-bond acceptors (Lipinski definition) is 6. The monoisotopic (exact) mass is 486 g/mol. The Hall–Kier alpha value is -5.05. The van der Waals surface area contributed by atoms with Gasteiger partial charge in [0.2, 0.25) is 0 Å². The molecular weight excluding hydrogens is 464 g/mol. The van der Waals surface area contributed by atoms with Crippen molar-refractivity contribution in [3.05, 3.63) is 111 Å². The largest absolute Gasteiger partial charge is 0.489 e. The Kier molecular flexibility index (Phi) is 7.01. The molecule has 0 unspecified atom stereocenters. The van der Waals surface area contributed by atoms with E-state index >= 15 is 0 Å². The van der Waals surface area contributed by atoms with E-state index in [0.717, 1.165) is 11.1 Å². The summed E-state index contributed by atoms with van der Waals surface area (Å²) in [4.78, 5) is 38.7. The molecule has 0 radical (unpaired) electrons. The second-order valence-electron chi connectivity index (χ2n) is 7.81. The molecule has 4 aromatic rings. The predicted molar refractivity (Wildman–Crippen MR) is 132 cm³/mol. The highest BCUT2D eigenvalue weighted by Gasteiger charge is 2.28. The number of aromatic carboxylic acids is 2. The number of nitrogens with one attached hydrogen (secondary N) is 1. The maximum Gasteiger partial charge on any atom is 0.342 e. The van der Waals surface area contributed by atoms with Crippen molar-refractivity contribution in [1.82, 2.24) is 4.98 Å². The van der Waals surface area contributed by atoms with E-state index in [1.165, 1.54) is 12.1 Å². The van der Waals surface area contributed by atoms with Crippen LogP contribution in [-0.2, 0) is 13.2 Å². The van der Waals surface area contributed by atoms with Gasteiger partial charge in [0.05, 0.1) is 0 Å². The molecule has 9 heteroatoms. The molecule has 9 nitrogen and oxygen atoms in total. The number of pyridine rings is 1. The van der Waals surface area contributed by atoms with Crippen LogP contribution < -0.4 is 20.8 Å². The average molecular weight is 486 g/mol. The van der Waals surface area contributed by atoms with Gasteiger partial charge in [-0.3, -0.25) is 4.79 Å². The summed E-state index contributed by atoms with van der Waals surface area (Å²) >= 11 is 0. The van der Waals surface area contributed by atoms with Crippen LogP contribution in [0.4, 0.5) is 5.82 Å². The first-order valence-corrected chi connectivity index (χ1v) is 10.9. The fourth-order valence-corrected chi connectivity index (χ4v) is 3.71. The second kappa shape index (κ2) is 10.5. The predicted octanol–water partition coefficient (Wildman–Crippen LogP) is 4.18. The van der Waals surface area contributed by atoms with Gasteiger partial charge in [-0.2, -0.15) is 0 Å². The van der Waals surface area contributed by atoms with E-state index in [1.54, 1.807) is 6.07 Å². The number of anilines is 1. The van der Waals surface area contributed by atoms with Crippen molar-refractivity contribution < 1.29 is 29.3 Å². The first-order valence-electron chi connectivity index (χ1n) is 10.9. The van der Waals surface area contributed by atoms with E-state index in [2.05, 4.69) is 4.98 Å². The lowest BCUT2D eigenvalue weighted by Crippen LogP contribution is -2.24. The summed E-state index contributed by atoms with van der Waals surface area (Å²) in [7, 11) is 0. The van der Waals surface area contributed by atoms with Crippen molar-refractivity contribution in [3.8, 4) is 22.6 Å². The number of carbonyl (C=O) groups is 2. The third-order valence-electron chi connectivity index (χ3n) is 5.38. The molecular formula is C27H22N2O7. The molecule has 182 valence electrons. The Balaban J connectivity index is 1.84. The van der Waals surface area contributed by atoms with Crippen LogP contribution in [0.2, 0.25) is 0 Å². The maximum atomic E-state index is 12.5. The number of aromatic nitrogens is 1. The number of carboxylic acids is 2. The molecule has 0 fully saturated rings. The fraction of sp³-hybridized carbons (Fsp3) is 0.0741. The number of aromatic amines is 1. The lowest BCUT2D eigenvalue weighted by Gasteiger charge is -2.17. The molecule has 0 aliphatic carbocycles. The van der Waals surface area contributed by atoms with Crippen LogP contribution in [0.3, 0.4) is 0 Å². The Morgan fingerprint density at radius 1 is 0.778 bits per heavy atom. The van der Waals surface area contributed by atoms with Gasteiger partial charge in [0, 0.05) is 17.2 Å². The molecule has 0 bridgehead atoms. The van der Waals surface area contributed by atoms with E-state index in [9.17, 15) is 24.6 Å². The molecule has 0 saturated carbocycles. The molecule has 0 aliphatic heterocycles. The smallest absolute Gasteiger partial charge is 0.342 e. The molecule has 4 rings (SSSR count). The molecule has 0 atom stereocenters. The number of carboxylic acid groups (broad SMARTS) is 2. The quantitative estimate of drug-likeness (QED) is 0.275. The van der Waals surface area contributed by atoms with Gasteiger partial charge in [-0.25, -0.2) is 9.59 Å². The number of H-pyrrole nitrogens is 1. The van der Waals surface area contributed by atoms with Gasteiger partial charge in [-0.15, -0.1) is 0 Å². The minimum atomic E-state index is -1.60. The number of nitrogen functional groups attached to an aromatic ring is 1. The van der Waals surface area contributed by atoms with E-state index in [1.807, 2.05) is 60.7 Å². The zero-order valence-electron chi connectivity index (χ0n) is 18.9. The molecule has 0 amide bonds. The standard InChI is InChI=1S/C27H22N2O7/c28-24-22(26(31)32)21(23(27(33)34)25(30)29-24)19-12-11-18(35-14-16-7-3-1-4-8-16)13-20(19)36-15-17-9-5-2-6-10-17/h1-13H,14-15H2,(H,31,32)(H,33,34)(H3,28,29,30). The average Bonchev–Trinajstić information content (AvgIpc) is 2.86. The minimum Gasteiger partial charge on any atom is -0.489 e. The third kappa shape index (κ3) is 5.20. The van der Waals surface area contributed by atoms with E-state index in [-0.39, 0.29) is 30.1 Å². The summed E-state index contributed by atoms with van der Waals surface area (Å²) in [6.45, 7) is 0.358. The number of rotatable bonds is 9. The Morgan fingerprint density at radius 3 is 1.89 bits per heavy atom. The molecule has 0 saturated heterocycles. The van der Waals surface area contributed by atoms with Crippen molar-refractivity contribution in [2.75, 3.05) is 5.73 Å². The molecule has 36 heavy (non-hydrogen) atoms. The molecule has 1 heterocycles. The number of benzene rings is 3. The topological polar surface area (TPSA) is 152 Å². The van der Waals surface area contributed by atoms with Crippen LogP contribution in [-0.4, -0.2) is 27.1 Å². The SMILES string of the molecule is Nc1[nH]c(=O)c(C(=O)O)c(-c2ccc(OCc3ccccc3)cc2OCc2ccccc2)c1C(=O)O.